The Kier molecular flexibility index (Phi) is 3.59. The topological polar surface area (TPSA) is 30.3 Å². The Morgan fingerprint density at radius 3 is 2.91 bits per heavy atom. The van der Waals surface area contributed by atoms with E-state index in [2.05, 4.69) is 46.1 Å². The van der Waals surface area contributed by atoms with Crippen molar-refractivity contribution in [3.05, 3.63) is 39.6 Å². The van der Waals surface area contributed by atoms with Gasteiger partial charge in [-0.3, -0.25) is 4.90 Å². The van der Waals surface area contributed by atoms with E-state index >= 15 is 0 Å². The normalized spacial score (nSPS) is 21.2. The second kappa shape index (κ2) is 5.48. The van der Waals surface area contributed by atoms with Gasteiger partial charge in [0, 0.05) is 37.8 Å². The highest BCUT2D eigenvalue weighted by Crippen LogP contribution is 2.44. The minimum atomic E-state index is -0.00170. The first-order valence-corrected chi connectivity index (χ1v) is 8.96. The lowest BCUT2D eigenvalue weighted by Gasteiger charge is -2.43. The molecule has 4 nitrogen and oxygen atoms in total. The summed E-state index contributed by atoms with van der Waals surface area (Å²) in [4.78, 5) is 8.63. The van der Waals surface area contributed by atoms with Crippen molar-refractivity contribution in [1.29, 1.82) is 0 Å². The highest BCUT2D eigenvalue weighted by Gasteiger charge is 2.41. The number of aromatic nitrogens is 2. The number of ether oxygens (including phenoxy) is 1. The van der Waals surface area contributed by atoms with Crippen LogP contribution in [-0.2, 0) is 30.4 Å². The first kappa shape index (κ1) is 14.4. The van der Waals surface area contributed by atoms with Crippen LogP contribution in [0.25, 0.3) is 0 Å². The molecule has 2 aromatic heterocycles. The molecule has 1 saturated heterocycles. The van der Waals surface area contributed by atoms with Crippen molar-refractivity contribution in [1.82, 2.24) is 14.5 Å². The van der Waals surface area contributed by atoms with E-state index in [1.54, 1.807) is 0 Å². The summed E-state index contributed by atoms with van der Waals surface area (Å²) in [6, 6.07) is 2.29. The number of hydrogen-bond acceptors (Lipinski definition) is 4. The lowest BCUT2D eigenvalue weighted by Crippen LogP contribution is -2.45. The number of nitrogens with zero attached hydrogens (tertiary/aromatic N) is 3. The van der Waals surface area contributed by atoms with Gasteiger partial charge in [-0.25, -0.2) is 4.98 Å². The fourth-order valence-electron chi connectivity index (χ4n) is 3.74. The fourth-order valence-corrected chi connectivity index (χ4v) is 4.90. The molecule has 0 atom stereocenters. The van der Waals surface area contributed by atoms with Gasteiger partial charge in [-0.15, -0.1) is 11.3 Å². The van der Waals surface area contributed by atoms with Crippen LogP contribution in [0.3, 0.4) is 0 Å². The molecule has 4 heterocycles. The minimum Gasteiger partial charge on any atom is -0.369 e. The van der Waals surface area contributed by atoms with E-state index in [1.807, 2.05) is 11.3 Å². The SMILES string of the molecule is Cc1nc(CN2CCC3(CC2)OCCc2ccsc23)cn1C. The molecule has 1 spiro atoms. The maximum atomic E-state index is 6.28. The predicted molar refractivity (Wildman–Crippen MR) is 88.1 cm³/mol. The van der Waals surface area contributed by atoms with Gasteiger partial charge in [0.2, 0.25) is 0 Å². The van der Waals surface area contributed by atoms with Crippen molar-refractivity contribution < 1.29 is 4.74 Å². The van der Waals surface area contributed by atoms with E-state index in [-0.39, 0.29) is 5.60 Å². The summed E-state index contributed by atoms with van der Waals surface area (Å²) in [5.41, 5.74) is 2.69. The Bertz CT molecular complexity index is 648. The lowest BCUT2D eigenvalue weighted by molar-refractivity contribution is -0.0961. The van der Waals surface area contributed by atoms with Crippen LogP contribution in [0.15, 0.2) is 17.6 Å². The summed E-state index contributed by atoms with van der Waals surface area (Å²) >= 11 is 1.88. The quantitative estimate of drug-likeness (QED) is 0.853. The molecule has 2 aromatic rings. The average Bonchev–Trinajstić information content (AvgIpc) is 3.10. The Balaban J connectivity index is 1.45. The molecule has 0 unspecified atom stereocenters. The Morgan fingerprint density at radius 2 is 2.18 bits per heavy atom. The van der Waals surface area contributed by atoms with E-state index in [0.29, 0.717) is 0 Å². The Morgan fingerprint density at radius 1 is 1.36 bits per heavy atom. The maximum absolute atomic E-state index is 6.28. The first-order valence-electron chi connectivity index (χ1n) is 8.08. The number of aryl methyl sites for hydroxylation is 2. The van der Waals surface area contributed by atoms with Crippen LogP contribution in [-0.4, -0.2) is 34.1 Å². The van der Waals surface area contributed by atoms with Crippen molar-refractivity contribution >= 4 is 11.3 Å². The zero-order chi connectivity index (χ0) is 15.2. The Hall–Kier alpha value is -1.17. The number of thiophene rings is 1. The average molecular weight is 317 g/mol. The molecule has 0 aromatic carbocycles. The monoisotopic (exact) mass is 317 g/mol. The van der Waals surface area contributed by atoms with E-state index in [9.17, 15) is 0 Å². The van der Waals surface area contributed by atoms with Gasteiger partial charge in [0.15, 0.2) is 0 Å². The van der Waals surface area contributed by atoms with E-state index in [0.717, 1.165) is 51.3 Å². The second-order valence-corrected chi connectivity index (χ2v) is 7.45. The number of hydrogen-bond donors (Lipinski definition) is 0. The summed E-state index contributed by atoms with van der Waals surface area (Å²) in [7, 11) is 2.06. The molecule has 2 aliphatic heterocycles. The molecule has 0 amide bonds. The summed E-state index contributed by atoms with van der Waals surface area (Å²) in [5, 5.41) is 2.23. The molecule has 0 aliphatic carbocycles. The molecule has 0 radical (unpaired) electrons. The molecule has 0 N–H and O–H groups in total. The van der Waals surface area contributed by atoms with Gasteiger partial charge in [-0.2, -0.15) is 0 Å². The van der Waals surface area contributed by atoms with Crippen LogP contribution in [0.2, 0.25) is 0 Å². The molecule has 22 heavy (non-hydrogen) atoms. The molecule has 118 valence electrons. The maximum Gasteiger partial charge on any atom is 0.105 e. The van der Waals surface area contributed by atoms with E-state index < -0.39 is 0 Å². The van der Waals surface area contributed by atoms with Crippen LogP contribution in [0.1, 0.15) is 34.8 Å². The standard InChI is InChI=1S/C17H23N3OS/c1-13-18-15(11-19(13)2)12-20-7-5-17(6-8-20)16-14(3-9-21-17)4-10-22-16/h4,10-11H,3,5-9,12H2,1-2H3. The highest BCUT2D eigenvalue weighted by atomic mass is 32.1. The highest BCUT2D eigenvalue weighted by molar-refractivity contribution is 7.10. The molecule has 0 saturated carbocycles. The molecular formula is C17H23N3OS. The van der Waals surface area contributed by atoms with Crippen molar-refractivity contribution in [2.24, 2.45) is 7.05 Å². The van der Waals surface area contributed by atoms with Crippen LogP contribution in [0, 0.1) is 6.92 Å². The third-order valence-corrected chi connectivity index (χ3v) is 6.26. The lowest BCUT2D eigenvalue weighted by atomic mass is 9.85. The molecule has 0 bridgehead atoms. The van der Waals surface area contributed by atoms with Crippen molar-refractivity contribution in [3.63, 3.8) is 0 Å². The zero-order valence-electron chi connectivity index (χ0n) is 13.3. The van der Waals surface area contributed by atoms with Gasteiger partial charge < -0.3 is 9.30 Å². The van der Waals surface area contributed by atoms with Crippen LogP contribution < -0.4 is 0 Å². The number of likely N-dealkylation sites (tertiary alicyclic amines) is 1. The van der Waals surface area contributed by atoms with E-state index in [1.165, 1.54) is 16.1 Å². The minimum absolute atomic E-state index is 0.00170. The van der Waals surface area contributed by atoms with Gasteiger partial charge in [-0.1, -0.05) is 0 Å². The predicted octanol–water partition coefficient (Wildman–Crippen LogP) is 2.85. The van der Waals surface area contributed by atoms with Gasteiger partial charge in [0.05, 0.1) is 12.3 Å². The van der Waals surface area contributed by atoms with Gasteiger partial charge in [0.25, 0.3) is 0 Å². The molecule has 4 rings (SSSR count). The van der Waals surface area contributed by atoms with E-state index in [4.69, 9.17) is 4.74 Å². The third kappa shape index (κ3) is 2.41. The smallest absolute Gasteiger partial charge is 0.105 e. The molecule has 2 aliphatic rings. The summed E-state index contributed by atoms with van der Waals surface area (Å²) < 4.78 is 8.38. The van der Waals surface area contributed by atoms with Crippen LogP contribution in [0.5, 0.6) is 0 Å². The van der Waals surface area contributed by atoms with Crippen molar-refractivity contribution in [2.45, 2.75) is 38.3 Å². The summed E-state index contributed by atoms with van der Waals surface area (Å²) in [5.74, 6) is 1.09. The van der Waals surface area contributed by atoms with Crippen LogP contribution in [0.4, 0.5) is 0 Å². The number of imidazole rings is 1. The largest absolute Gasteiger partial charge is 0.369 e. The molecule has 5 heteroatoms. The van der Waals surface area contributed by atoms with Gasteiger partial charge in [-0.05, 0) is 43.2 Å². The summed E-state index contributed by atoms with van der Waals surface area (Å²) in [6.45, 7) is 6.07. The number of rotatable bonds is 2. The second-order valence-electron chi connectivity index (χ2n) is 6.53. The summed E-state index contributed by atoms with van der Waals surface area (Å²) in [6.07, 6.45) is 5.43. The number of piperidine rings is 1. The molecule has 1 fully saturated rings. The first-order chi connectivity index (χ1) is 10.7. The van der Waals surface area contributed by atoms with Crippen molar-refractivity contribution in [3.8, 4) is 0 Å². The van der Waals surface area contributed by atoms with Crippen molar-refractivity contribution in [2.75, 3.05) is 19.7 Å². The third-order valence-electron chi connectivity index (χ3n) is 5.12. The number of fused-ring (bicyclic) bond motifs is 2. The Labute approximate surface area is 135 Å². The zero-order valence-corrected chi connectivity index (χ0v) is 14.2. The van der Waals surface area contributed by atoms with Crippen LogP contribution >= 0.6 is 11.3 Å². The fraction of sp³-hybridized carbons (Fsp3) is 0.588. The van der Waals surface area contributed by atoms with Gasteiger partial charge in [0.1, 0.15) is 11.4 Å². The molecular weight excluding hydrogens is 294 g/mol. The van der Waals surface area contributed by atoms with Gasteiger partial charge >= 0.3 is 0 Å².